The lowest BCUT2D eigenvalue weighted by molar-refractivity contribution is -0.157. The summed E-state index contributed by atoms with van der Waals surface area (Å²) >= 11 is 0. The predicted molar refractivity (Wildman–Crippen MR) is 94.8 cm³/mol. The van der Waals surface area contributed by atoms with E-state index in [9.17, 15) is 14.4 Å². The van der Waals surface area contributed by atoms with Crippen molar-refractivity contribution in [1.29, 1.82) is 0 Å². The summed E-state index contributed by atoms with van der Waals surface area (Å²) in [6.07, 6.45) is 1.22. The Morgan fingerprint density at radius 2 is 1.59 bits per heavy atom. The molecule has 0 fully saturated rings. The molecule has 0 aliphatic carbocycles. The number of ether oxygens (including phenoxy) is 3. The molecule has 0 atom stereocenters. The highest BCUT2D eigenvalue weighted by molar-refractivity contribution is 6.00. The standard InChI is InChI=1S/C19H20N2O6/c1-4-26-18(23)14(19(24)27-5-2)16-20-11-13(17(22)25-3)15(21-16)12-9-7-6-8-10-12/h6-11,14H,4-5H2,1-3H3. The number of esters is 3. The van der Waals surface area contributed by atoms with Gasteiger partial charge in [0.05, 0.1) is 26.0 Å². The van der Waals surface area contributed by atoms with Gasteiger partial charge in [0.1, 0.15) is 5.56 Å². The van der Waals surface area contributed by atoms with E-state index in [4.69, 9.17) is 14.2 Å². The van der Waals surface area contributed by atoms with Gasteiger partial charge in [0, 0.05) is 11.8 Å². The molecule has 142 valence electrons. The van der Waals surface area contributed by atoms with Crippen molar-refractivity contribution < 1.29 is 28.6 Å². The molecule has 2 rings (SSSR count). The quantitative estimate of drug-likeness (QED) is 0.414. The highest BCUT2D eigenvalue weighted by atomic mass is 16.6. The lowest BCUT2D eigenvalue weighted by Crippen LogP contribution is -2.28. The Morgan fingerprint density at radius 3 is 2.11 bits per heavy atom. The number of hydrogen-bond acceptors (Lipinski definition) is 8. The molecule has 0 saturated heterocycles. The van der Waals surface area contributed by atoms with E-state index >= 15 is 0 Å². The Kier molecular flexibility index (Phi) is 6.99. The average molecular weight is 372 g/mol. The van der Waals surface area contributed by atoms with E-state index in [0.29, 0.717) is 5.56 Å². The number of hydrogen-bond donors (Lipinski definition) is 0. The fraction of sp³-hybridized carbons (Fsp3) is 0.316. The third kappa shape index (κ3) is 4.66. The van der Waals surface area contributed by atoms with E-state index in [-0.39, 0.29) is 30.3 Å². The Bertz CT molecular complexity index is 804. The van der Waals surface area contributed by atoms with Gasteiger partial charge in [-0.15, -0.1) is 0 Å². The van der Waals surface area contributed by atoms with Crippen LogP contribution in [0.2, 0.25) is 0 Å². The smallest absolute Gasteiger partial charge is 0.341 e. The van der Waals surface area contributed by atoms with Gasteiger partial charge >= 0.3 is 17.9 Å². The minimum atomic E-state index is -1.45. The van der Waals surface area contributed by atoms with Crippen molar-refractivity contribution in [2.24, 2.45) is 0 Å². The van der Waals surface area contributed by atoms with Crippen molar-refractivity contribution in [2.75, 3.05) is 20.3 Å². The van der Waals surface area contributed by atoms with Crippen LogP contribution in [0.1, 0.15) is 35.9 Å². The second kappa shape index (κ2) is 9.42. The minimum absolute atomic E-state index is 0.0839. The van der Waals surface area contributed by atoms with Gasteiger partial charge < -0.3 is 14.2 Å². The number of nitrogens with zero attached hydrogens (tertiary/aromatic N) is 2. The first kappa shape index (κ1) is 20.0. The zero-order valence-electron chi connectivity index (χ0n) is 15.3. The number of benzene rings is 1. The van der Waals surface area contributed by atoms with Crippen molar-refractivity contribution in [2.45, 2.75) is 19.8 Å². The highest BCUT2D eigenvalue weighted by Gasteiger charge is 2.35. The van der Waals surface area contributed by atoms with Crippen LogP contribution in [0.4, 0.5) is 0 Å². The molecule has 8 heteroatoms. The lowest BCUT2D eigenvalue weighted by atomic mass is 10.0. The van der Waals surface area contributed by atoms with E-state index in [1.807, 2.05) is 6.07 Å². The van der Waals surface area contributed by atoms with Crippen molar-refractivity contribution in [1.82, 2.24) is 9.97 Å². The maximum absolute atomic E-state index is 12.3. The molecule has 0 aliphatic rings. The Morgan fingerprint density at radius 1 is 1.00 bits per heavy atom. The average Bonchev–Trinajstić information content (AvgIpc) is 2.68. The largest absolute Gasteiger partial charge is 0.465 e. The Hall–Kier alpha value is -3.29. The SMILES string of the molecule is CCOC(=O)C(C(=O)OCC)c1ncc(C(=O)OC)c(-c2ccccc2)n1. The van der Waals surface area contributed by atoms with Crippen LogP contribution in [0.25, 0.3) is 11.3 Å². The van der Waals surface area contributed by atoms with Crippen LogP contribution in [0.3, 0.4) is 0 Å². The van der Waals surface area contributed by atoms with Crippen molar-refractivity contribution in [3.05, 3.63) is 47.9 Å². The third-order valence-corrected chi connectivity index (χ3v) is 3.56. The van der Waals surface area contributed by atoms with Gasteiger partial charge in [-0.05, 0) is 13.8 Å². The summed E-state index contributed by atoms with van der Waals surface area (Å²) in [4.78, 5) is 45.0. The Balaban J connectivity index is 2.59. The second-order valence-corrected chi connectivity index (χ2v) is 5.29. The van der Waals surface area contributed by atoms with Crippen LogP contribution in [-0.2, 0) is 23.8 Å². The van der Waals surface area contributed by atoms with Gasteiger partial charge in [0.25, 0.3) is 0 Å². The molecular formula is C19H20N2O6. The van der Waals surface area contributed by atoms with Crippen LogP contribution in [0, 0.1) is 0 Å². The monoisotopic (exact) mass is 372 g/mol. The molecule has 2 aromatic rings. The van der Waals surface area contributed by atoms with E-state index in [0.717, 1.165) is 0 Å². The summed E-state index contributed by atoms with van der Waals surface area (Å²) in [5, 5.41) is 0. The van der Waals surface area contributed by atoms with Crippen molar-refractivity contribution >= 4 is 17.9 Å². The number of methoxy groups -OCH3 is 1. The fourth-order valence-electron chi connectivity index (χ4n) is 2.37. The molecule has 8 nitrogen and oxygen atoms in total. The fourth-order valence-corrected chi connectivity index (χ4v) is 2.37. The van der Waals surface area contributed by atoms with E-state index in [1.165, 1.54) is 13.3 Å². The minimum Gasteiger partial charge on any atom is -0.465 e. The zero-order chi connectivity index (χ0) is 19.8. The van der Waals surface area contributed by atoms with E-state index < -0.39 is 23.8 Å². The molecule has 27 heavy (non-hydrogen) atoms. The maximum Gasteiger partial charge on any atom is 0.341 e. The number of carbonyl (C=O) groups is 3. The normalized spacial score (nSPS) is 10.4. The number of rotatable bonds is 7. The van der Waals surface area contributed by atoms with Gasteiger partial charge in [-0.3, -0.25) is 9.59 Å². The molecular weight excluding hydrogens is 352 g/mol. The number of aromatic nitrogens is 2. The maximum atomic E-state index is 12.3. The molecule has 0 spiro atoms. The van der Waals surface area contributed by atoms with Crippen molar-refractivity contribution in [3.63, 3.8) is 0 Å². The topological polar surface area (TPSA) is 105 Å². The van der Waals surface area contributed by atoms with E-state index in [2.05, 4.69) is 9.97 Å². The lowest BCUT2D eigenvalue weighted by Gasteiger charge is -2.15. The van der Waals surface area contributed by atoms with Crippen LogP contribution in [0.15, 0.2) is 36.5 Å². The molecule has 1 aromatic carbocycles. The summed E-state index contributed by atoms with van der Waals surface area (Å²) in [6.45, 7) is 3.41. The van der Waals surface area contributed by atoms with Crippen molar-refractivity contribution in [3.8, 4) is 11.3 Å². The molecule has 0 unspecified atom stereocenters. The predicted octanol–water partition coefficient (Wildman–Crippen LogP) is 2.14. The first-order valence-electron chi connectivity index (χ1n) is 8.37. The highest BCUT2D eigenvalue weighted by Crippen LogP contribution is 2.25. The third-order valence-electron chi connectivity index (χ3n) is 3.56. The van der Waals surface area contributed by atoms with E-state index in [1.54, 1.807) is 38.1 Å². The van der Waals surface area contributed by atoms with Crippen LogP contribution >= 0.6 is 0 Å². The van der Waals surface area contributed by atoms with Gasteiger partial charge in [0.2, 0.25) is 5.92 Å². The Labute approximate surface area is 156 Å². The molecule has 1 heterocycles. The van der Waals surface area contributed by atoms with Crippen LogP contribution in [0.5, 0.6) is 0 Å². The van der Waals surface area contributed by atoms with Crippen LogP contribution < -0.4 is 0 Å². The molecule has 0 aliphatic heterocycles. The molecule has 0 N–H and O–H groups in total. The van der Waals surface area contributed by atoms with Gasteiger partial charge in [-0.25, -0.2) is 14.8 Å². The molecule has 1 aromatic heterocycles. The van der Waals surface area contributed by atoms with Gasteiger partial charge in [-0.1, -0.05) is 30.3 Å². The summed E-state index contributed by atoms with van der Waals surface area (Å²) in [7, 11) is 1.24. The molecule has 0 saturated carbocycles. The summed E-state index contributed by atoms with van der Waals surface area (Å²) in [5.74, 6) is -3.83. The molecule has 0 amide bonds. The van der Waals surface area contributed by atoms with Gasteiger partial charge in [0.15, 0.2) is 5.82 Å². The first-order valence-corrected chi connectivity index (χ1v) is 8.37. The first-order chi connectivity index (χ1) is 13.0. The summed E-state index contributed by atoms with van der Waals surface area (Å²) in [5.41, 5.74) is 0.956. The molecule has 0 radical (unpaired) electrons. The summed E-state index contributed by atoms with van der Waals surface area (Å²) < 4.78 is 14.7. The molecule has 0 bridgehead atoms. The number of carbonyl (C=O) groups excluding carboxylic acids is 3. The second-order valence-electron chi connectivity index (χ2n) is 5.29. The summed E-state index contributed by atoms with van der Waals surface area (Å²) in [6, 6.07) is 8.83. The van der Waals surface area contributed by atoms with Gasteiger partial charge in [-0.2, -0.15) is 0 Å². The zero-order valence-corrected chi connectivity index (χ0v) is 15.3. The van der Waals surface area contributed by atoms with Crippen LogP contribution in [-0.4, -0.2) is 48.2 Å².